The Morgan fingerprint density at radius 1 is 1.05 bits per heavy atom. The summed E-state index contributed by atoms with van der Waals surface area (Å²) < 4.78 is 0. The summed E-state index contributed by atoms with van der Waals surface area (Å²) in [6.45, 7) is 5.75. The maximum Gasteiger partial charge on any atom is 0.258 e. The summed E-state index contributed by atoms with van der Waals surface area (Å²) in [6.07, 6.45) is 1.77. The van der Waals surface area contributed by atoms with Gasteiger partial charge < -0.3 is 4.90 Å². The molecule has 2 rings (SSSR count). The molecule has 96 valence electrons. The van der Waals surface area contributed by atoms with Gasteiger partial charge in [-0.15, -0.1) is 6.58 Å². The molecule has 1 amide bonds. The monoisotopic (exact) mass is 251 g/mol. The zero-order valence-electron chi connectivity index (χ0n) is 11.0. The molecule has 0 unspecified atom stereocenters. The topological polar surface area (TPSA) is 20.3 Å². The van der Waals surface area contributed by atoms with Gasteiger partial charge in [-0.05, 0) is 31.2 Å². The van der Waals surface area contributed by atoms with Crippen molar-refractivity contribution >= 4 is 11.6 Å². The van der Waals surface area contributed by atoms with Gasteiger partial charge in [-0.25, -0.2) is 0 Å². The van der Waals surface area contributed by atoms with E-state index in [2.05, 4.69) is 6.58 Å². The van der Waals surface area contributed by atoms with Gasteiger partial charge in [0.25, 0.3) is 5.91 Å². The van der Waals surface area contributed by atoms with Crippen LogP contribution in [0.15, 0.2) is 73.3 Å². The molecule has 0 heterocycles. The molecule has 0 saturated heterocycles. The summed E-state index contributed by atoms with van der Waals surface area (Å²) in [7, 11) is 0. The number of amides is 1. The Balaban J connectivity index is 2.39. The molecule has 2 aromatic rings. The van der Waals surface area contributed by atoms with Crippen LogP contribution in [-0.4, -0.2) is 11.9 Å². The molecule has 2 nitrogen and oxygen atoms in total. The predicted molar refractivity (Wildman–Crippen MR) is 79.4 cm³/mol. The molecule has 2 heteroatoms. The SMILES string of the molecule is C=C[C@@H](C)N(C(=O)c1ccccc1)c1ccccc1. The molecule has 0 fully saturated rings. The van der Waals surface area contributed by atoms with Crippen LogP contribution in [0.25, 0.3) is 0 Å². The minimum Gasteiger partial charge on any atom is -0.302 e. The van der Waals surface area contributed by atoms with Gasteiger partial charge in [0.15, 0.2) is 0 Å². The Labute approximate surface area is 114 Å². The molecule has 2 aromatic carbocycles. The highest BCUT2D eigenvalue weighted by atomic mass is 16.2. The van der Waals surface area contributed by atoms with Crippen molar-refractivity contribution in [1.82, 2.24) is 0 Å². The van der Waals surface area contributed by atoms with Gasteiger partial charge in [0.05, 0.1) is 6.04 Å². The first-order valence-electron chi connectivity index (χ1n) is 6.30. The van der Waals surface area contributed by atoms with Crippen LogP contribution in [0.3, 0.4) is 0 Å². The van der Waals surface area contributed by atoms with E-state index in [-0.39, 0.29) is 11.9 Å². The van der Waals surface area contributed by atoms with Crippen molar-refractivity contribution in [3.63, 3.8) is 0 Å². The molecule has 0 bridgehead atoms. The molecular formula is C17H17NO. The van der Waals surface area contributed by atoms with Crippen molar-refractivity contribution in [2.45, 2.75) is 13.0 Å². The van der Waals surface area contributed by atoms with E-state index in [0.29, 0.717) is 5.56 Å². The highest BCUT2D eigenvalue weighted by Crippen LogP contribution is 2.20. The summed E-state index contributed by atoms with van der Waals surface area (Å²) in [5, 5.41) is 0. The van der Waals surface area contributed by atoms with Crippen molar-refractivity contribution < 1.29 is 4.79 Å². The van der Waals surface area contributed by atoms with Gasteiger partial charge in [-0.3, -0.25) is 4.79 Å². The summed E-state index contributed by atoms with van der Waals surface area (Å²) in [5.74, 6) is -0.0146. The van der Waals surface area contributed by atoms with Crippen molar-refractivity contribution in [1.29, 1.82) is 0 Å². The van der Waals surface area contributed by atoms with Crippen molar-refractivity contribution in [2.75, 3.05) is 4.90 Å². The zero-order chi connectivity index (χ0) is 13.7. The van der Waals surface area contributed by atoms with Crippen LogP contribution in [0.5, 0.6) is 0 Å². The third-order valence-electron chi connectivity index (χ3n) is 3.02. The maximum absolute atomic E-state index is 12.6. The number of anilines is 1. The van der Waals surface area contributed by atoms with Crippen LogP contribution < -0.4 is 4.90 Å². The van der Waals surface area contributed by atoms with E-state index < -0.39 is 0 Å². The van der Waals surface area contributed by atoms with Crippen LogP contribution in [0.2, 0.25) is 0 Å². The molecule has 1 atom stereocenters. The molecule has 0 saturated carbocycles. The first kappa shape index (κ1) is 13.1. The van der Waals surface area contributed by atoms with E-state index in [1.165, 1.54) is 0 Å². The van der Waals surface area contributed by atoms with Crippen LogP contribution in [0.1, 0.15) is 17.3 Å². The summed E-state index contributed by atoms with van der Waals surface area (Å²) in [5.41, 5.74) is 1.56. The fraction of sp³-hybridized carbons (Fsp3) is 0.118. The predicted octanol–water partition coefficient (Wildman–Crippen LogP) is 3.91. The van der Waals surface area contributed by atoms with Gasteiger partial charge in [0.1, 0.15) is 0 Å². The summed E-state index contributed by atoms with van der Waals surface area (Å²) >= 11 is 0. The number of carbonyl (C=O) groups is 1. The van der Waals surface area contributed by atoms with Crippen molar-refractivity contribution in [3.05, 3.63) is 78.9 Å². The lowest BCUT2D eigenvalue weighted by atomic mass is 10.1. The summed E-state index contributed by atoms with van der Waals surface area (Å²) in [6, 6.07) is 18.9. The average molecular weight is 251 g/mol. The number of hydrogen-bond acceptors (Lipinski definition) is 1. The van der Waals surface area contributed by atoms with Crippen LogP contribution in [0, 0.1) is 0 Å². The van der Waals surface area contributed by atoms with Gasteiger partial charge in [-0.1, -0.05) is 42.5 Å². The molecule has 0 aliphatic rings. The standard InChI is InChI=1S/C17H17NO/c1-3-14(2)18(16-12-8-5-9-13-16)17(19)15-10-6-4-7-11-15/h3-14H,1H2,2H3/t14-/m1/s1. The molecule has 19 heavy (non-hydrogen) atoms. The third kappa shape index (κ3) is 2.91. The van der Waals surface area contributed by atoms with E-state index in [4.69, 9.17) is 0 Å². The van der Waals surface area contributed by atoms with Gasteiger partial charge >= 0.3 is 0 Å². The minimum atomic E-state index is -0.0601. The van der Waals surface area contributed by atoms with Crippen molar-refractivity contribution in [2.24, 2.45) is 0 Å². The molecule has 0 aliphatic heterocycles. The van der Waals surface area contributed by atoms with E-state index in [9.17, 15) is 4.79 Å². The lowest BCUT2D eigenvalue weighted by Gasteiger charge is -2.27. The first-order valence-corrected chi connectivity index (χ1v) is 6.30. The van der Waals surface area contributed by atoms with E-state index in [1.807, 2.05) is 67.6 Å². The van der Waals surface area contributed by atoms with Crippen molar-refractivity contribution in [3.8, 4) is 0 Å². The Bertz CT molecular complexity index is 548. The first-order chi connectivity index (χ1) is 9.24. The highest BCUT2D eigenvalue weighted by Gasteiger charge is 2.20. The number of nitrogens with zero attached hydrogens (tertiary/aromatic N) is 1. The van der Waals surface area contributed by atoms with E-state index in [0.717, 1.165) is 5.69 Å². The Hall–Kier alpha value is -2.35. The maximum atomic E-state index is 12.6. The molecular weight excluding hydrogens is 234 g/mol. The number of benzene rings is 2. The number of hydrogen-bond donors (Lipinski definition) is 0. The quantitative estimate of drug-likeness (QED) is 0.754. The largest absolute Gasteiger partial charge is 0.302 e. The second kappa shape index (κ2) is 6.01. The Kier molecular flexibility index (Phi) is 4.14. The molecule has 0 N–H and O–H groups in total. The third-order valence-corrected chi connectivity index (χ3v) is 3.02. The number of carbonyl (C=O) groups excluding carboxylic acids is 1. The second-order valence-corrected chi connectivity index (χ2v) is 4.35. The zero-order valence-corrected chi connectivity index (χ0v) is 11.0. The molecule has 0 aromatic heterocycles. The molecule has 0 spiro atoms. The average Bonchev–Trinajstić information content (AvgIpc) is 2.49. The highest BCUT2D eigenvalue weighted by molar-refractivity contribution is 6.06. The number of para-hydroxylation sites is 1. The van der Waals surface area contributed by atoms with Gasteiger partial charge in [-0.2, -0.15) is 0 Å². The normalized spacial score (nSPS) is 11.6. The van der Waals surface area contributed by atoms with Crippen LogP contribution >= 0.6 is 0 Å². The minimum absolute atomic E-state index is 0.0146. The van der Waals surface area contributed by atoms with Gasteiger partial charge in [0, 0.05) is 11.3 Å². The lowest BCUT2D eigenvalue weighted by molar-refractivity contribution is 0.0982. The van der Waals surface area contributed by atoms with Crippen LogP contribution in [-0.2, 0) is 0 Å². The lowest BCUT2D eigenvalue weighted by Crippen LogP contribution is -2.37. The Morgan fingerprint density at radius 3 is 2.11 bits per heavy atom. The van der Waals surface area contributed by atoms with Gasteiger partial charge in [0.2, 0.25) is 0 Å². The Morgan fingerprint density at radius 2 is 1.58 bits per heavy atom. The second-order valence-electron chi connectivity index (χ2n) is 4.35. The van der Waals surface area contributed by atoms with E-state index >= 15 is 0 Å². The number of rotatable bonds is 4. The van der Waals surface area contributed by atoms with Crippen LogP contribution in [0.4, 0.5) is 5.69 Å². The van der Waals surface area contributed by atoms with E-state index in [1.54, 1.807) is 11.0 Å². The fourth-order valence-electron chi connectivity index (χ4n) is 1.95. The fourth-order valence-corrected chi connectivity index (χ4v) is 1.95. The molecule has 0 aliphatic carbocycles. The smallest absolute Gasteiger partial charge is 0.258 e. The summed E-state index contributed by atoms with van der Waals surface area (Å²) in [4.78, 5) is 14.4. The molecule has 0 radical (unpaired) electrons.